The molecule has 1 rings (SSSR count). The quantitative estimate of drug-likeness (QED) is 0.703. The smallest absolute Gasteiger partial charge is 0.328 e. The van der Waals surface area contributed by atoms with Gasteiger partial charge in [0.1, 0.15) is 6.04 Å². The predicted molar refractivity (Wildman–Crippen MR) is 71.6 cm³/mol. The number of carbonyl (C=O) groups is 2. The van der Waals surface area contributed by atoms with Crippen LogP contribution in [0.5, 0.6) is 0 Å². The highest BCUT2D eigenvalue weighted by Crippen LogP contribution is 2.11. The summed E-state index contributed by atoms with van der Waals surface area (Å²) < 4.78 is 4.99. The van der Waals surface area contributed by atoms with Crippen molar-refractivity contribution in [3.63, 3.8) is 0 Å². The fourth-order valence-corrected chi connectivity index (χ4v) is 1.65. The maximum Gasteiger partial charge on any atom is 0.328 e. The first-order valence-electron chi connectivity index (χ1n) is 6.27. The minimum atomic E-state index is -0.520. The zero-order chi connectivity index (χ0) is 12.8. The van der Waals surface area contributed by atoms with E-state index >= 15 is 0 Å². The first-order valence-corrected chi connectivity index (χ1v) is 6.27. The van der Waals surface area contributed by atoms with Crippen molar-refractivity contribution in [1.29, 1.82) is 0 Å². The molecule has 0 aromatic carbocycles. The number of ether oxygens (including phenoxy) is 1. The van der Waals surface area contributed by atoms with Gasteiger partial charge in [-0.25, -0.2) is 4.79 Å². The molecule has 18 heavy (non-hydrogen) atoms. The molecule has 2 atom stereocenters. The first-order chi connectivity index (χ1) is 8.10. The van der Waals surface area contributed by atoms with Crippen molar-refractivity contribution in [2.45, 2.75) is 33.2 Å². The highest BCUT2D eigenvalue weighted by atomic mass is 35.5. The van der Waals surface area contributed by atoms with Gasteiger partial charge in [-0.2, -0.15) is 0 Å². The number of hydrogen-bond donors (Lipinski definition) is 2. The molecule has 1 fully saturated rings. The van der Waals surface area contributed by atoms with E-state index in [1.165, 1.54) is 0 Å². The molecular weight excluding hydrogens is 256 g/mol. The molecule has 1 amide bonds. The topological polar surface area (TPSA) is 67.4 Å². The number of amides is 1. The third-order valence-electron chi connectivity index (χ3n) is 3.20. The fraction of sp³-hybridized carbons (Fsp3) is 0.833. The van der Waals surface area contributed by atoms with Crippen LogP contribution in [-0.2, 0) is 14.3 Å². The minimum Gasteiger partial charge on any atom is -0.464 e. The van der Waals surface area contributed by atoms with Gasteiger partial charge < -0.3 is 15.4 Å². The standard InChI is InChI=1S/C12H22N2O3.ClH/c1-4-8(3)10(12(16)17-5-2)14-11(15)9-6-13-7-9;/h8-10,13H,4-7H2,1-3H3,(H,14,15);1H. The molecule has 106 valence electrons. The van der Waals surface area contributed by atoms with Crippen molar-refractivity contribution in [3.8, 4) is 0 Å². The molecule has 0 spiro atoms. The molecule has 0 aliphatic carbocycles. The van der Waals surface area contributed by atoms with Crippen LogP contribution in [0.2, 0.25) is 0 Å². The van der Waals surface area contributed by atoms with Gasteiger partial charge in [0, 0.05) is 13.1 Å². The van der Waals surface area contributed by atoms with Crippen LogP contribution in [-0.4, -0.2) is 37.6 Å². The van der Waals surface area contributed by atoms with Crippen LogP contribution in [0.1, 0.15) is 27.2 Å². The summed E-state index contributed by atoms with van der Waals surface area (Å²) in [6.07, 6.45) is 0.826. The Bertz CT molecular complexity index is 282. The Hall–Kier alpha value is -0.810. The SMILES string of the molecule is CCOC(=O)C(NC(=O)C1CNC1)C(C)CC.Cl. The average Bonchev–Trinajstić information content (AvgIpc) is 2.22. The molecule has 5 nitrogen and oxygen atoms in total. The van der Waals surface area contributed by atoms with Crippen molar-refractivity contribution in [1.82, 2.24) is 10.6 Å². The number of nitrogens with one attached hydrogen (secondary N) is 2. The molecule has 0 bridgehead atoms. The second-order valence-electron chi connectivity index (χ2n) is 4.48. The molecule has 1 saturated heterocycles. The summed E-state index contributed by atoms with van der Waals surface area (Å²) in [6.45, 7) is 7.44. The fourth-order valence-electron chi connectivity index (χ4n) is 1.65. The molecular formula is C12H23ClN2O3. The second-order valence-corrected chi connectivity index (χ2v) is 4.48. The lowest BCUT2D eigenvalue weighted by Crippen LogP contribution is -2.55. The minimum absolute atomic E-state index is 0. The predicted octanol–water partition coefficient (Wildman–Crippen LogP) is 0.722. The Labute approximate surface area is 114 Å². The van der Waals surface area contributed by atoms with E-state index in [9.17, 15) is 9.59 Å². The molecule has 0 saturated carbocycles. The van der Waals surface area contributed by atoms with E-state index in [1.807, 2.05) is 13.8 Å². The molecule has 0 radical (unpaired) electrons. The maximum absolute atomic E-state index is 11.8. The molecule has 0 aromatic heterocycles. The molecule has 2 unspecified atom stereocenters. The van der Waals surface area contributed by atoms with E-state index in [-0.39, 0.29) is 36.1 Å². The molecule has 6 heteroatoms. The first kappa shape index (κ1) is 17.2. The van der Waals surface area contributed by atoms with Gasteiger partial charge in [0.25, 0.3) is 0 Å². The lowest BCUT2D eigenvalue weighted by atomic mass is 9.96. The number of halogens is 1. The van der Waals surface area contributed by atoms with Crippen LogP contribution < -0.4 is 10.6 Å². The van der Waals surface area contributed by atoms with Crippen molar-refractivity contribution in [2.75, 3.05) is 19.7 Å². The number of hydrogen-bond acceptors (Lipinski definition) is 4. The van der Waals surface area contributed by atoms with Crippen molar-refractivity contribution >= 4 is 24.3 Å². The maximum atomic E-state index is 11.8. The van der Waals surface area contributed by atoms with Gasteiger partial charge in [-0.15, -0.1) is 12.4 Å². The van der Waals surface area contributed by atoms with Crippen molar-refractivity contribution in [3.05, 3.63) is 0 Å². The Balaban J connectivity index is 0.00000289. The van der Waals surface area contributed by atoms with Gasteiger partial charge in [-0.1, -0.05) is 20.3 Å². The number of esters is 1. The zero-order valence-corrected chi connectivity index (χ0v) is 12.0. The monoisotopic (exact) mass is 278 g/mol. The van der Waals surface area contributed by atoms with Crippen molar-refractivity contribution in [2.24, 2.45) is 11.8 Å². The molecule has 1 aliphatic rings. The molecule has 1 aliphatic heterocycles. The Morgan fingerprint density at radius 3 is 2.39 bits per heavy atom. The van der Waals surface area contributed by atoms with E-state index in [4.69, 9.17) is 4.74 Å². The summed E-state index contributed by atoms with van der Waals surface area (Å²) in [5, 5.41) is 5.84. The Morgan fingerprint density at radius 1 is 1.39 bits per heavy atom. The molecule has 2 N–H and O–H groups in total. The Kier molecular flexibility index (Phi) is 7.95. The summed E-state index contributed by atoms with van der Waals surface area (Å²) in [6, 6.07) is -0.520. The summed E-state index contributed by atoms with van der Waals surface area (Å²) in [7, 11) is 0. The third-order valence-corrected chi connectivity index (χ3v) is 3.20. The van der Waals surface area contributed by atoms with Gasteiger partial charge in [-0.3, -0.25) is 4.79 Å². The highest BCUT2D eigenvalue weighted by molar-refractivity contribution is 5.86. The average molecular weight is 279 g/mol. The van der Waals surface area contributed by atoms with Crippen LogP contribution in [0.3, 0.4) is 0 Å². The summed E-state index contributed by atoms with van der Waals surface area (Å²) in [4.78, 5) is 23.6. The van der Waals surface area contributed by atoms with Gasteiger partial charge in [0.2, 0.25) is 5.91 Å². The lowest BCUT2D eigenvalue weighted by molar-refractivity contribution is -0.149. The normalized spacial score (nSPS) is 17.9. The second kappa shape index (κ2) is 8.32. The van der Waals surface area contributed by atoms with Crippen molar-refractivity contribution < 1.29 is 14.3 Å². The van der Waals surface area contributed by atoms with Crippen LogP contribution in [0, 0.1) is 11.8 Å². The number of carbonyl (C=O) groups excluding carboxylic acids is 2. The largest absolute Gasteiger partial charge is 0.464 e. The van der Waals surface area contributed by atoms with E-state index in [1.54, 1.807) is 6.92 Å². The third kappa shape index (κ3) is 4.46. The highest BCUT2D eigenvalue weighted by Gasteiger charge is 2.32. The van der Waals surface area contributed by atoms with Gasteiger partial charge >= 0.3 is 5.97 Å². The Morgan fingerprint density at radius 2 is 2.00 bits per heavy atom. The van der Waals surface area contributed by atoms with E-state index in [0.29, 0.717) is 19.7 Å². The van der Waals surface area contributed by atoms with E-state index in [2.05, 4.69) is 10.6 Å². The zero-order valence-electron chi connectivity index (χ0n) is 11.2. The summed E-state index contributed by atoms with van der Waals surface area (Å²) >= 11 is 0. The van der Waals surface area contributed by atoms with Crippen LogP contribution in [0.4, 0.5) is 0 Å². The van der Waals surface area contributed by atoms with Crippen LogP contribution >= 0.6 is 12.4 Å². The van der Waals surface area contributed by atoms with E-state index in [0.717, 1.165) is 6.42 Å². The van der Waals surface area contributed by atoms with Gasteiger partial charge in [0.15, 0.2) is 0 Å². The van der Waals surface area contributed by atoms with Crippen LogP contribution in [0.15, 0.2) is 0 Å². The lowest BCUT2D eigenvalue weighted by Gasteiger charge is -2.29. The van der Waals surface area contributed by atoms with Crippen LogP contribution in [0.25, 0.3) is 0 Å². The molecule has 1 heterocycles. The van der Waals surface area contributed by atoms with Gasteiger partial charge in [-0.05, 0) is 12.8 Å². The molecule has 0 aromatic rings. The number of rotatable bonds is 6. The van der Waals surface area contributed by atoms with E-state index < -0.39 is 6.04 Å². The van der Waals surface area contributed by atoms with Gasteiger partial charge in [0.05, 0.1) is 12.5 Å². The summed E-state index contributed by atoms with van der Waals surface area (Å²) in [5.41, 5.74) is 0. The summed E-state index contributed by atoms with van der Waals surface area (Å²) in [5.74, 6) is -0.299.